The number of amides is 1. The molecule has 0 unspecified atom stereocenters. The molecule has 3 aromatic rings. The van der Waals surface area contributed by atoms with Crippen LogP contribution in [-0.2, 0) is 11.8 Å². The second-order valence-corrected chi connectivity index (χ2v) is 5.99. The van der Waals surface area contributed by atoms with Gasteiger partial charge in [0.15, 0.2) is 5.82 Å². The number of hydrogen-bond acceptors (Lipinski definition) is 6. The van der Waals surface area contributed by atoms with Gasteiger partial charge in [-0.3, -0.25) is 4.79 Å². The molecule has 12 heteroatoms. The van der Waals surface area contributed by atoms with Crippen LogP contribution in [0.4, 0.5) is 23.2 Å². The van der Waals surface area contributed by atoms with Crippen LogP contribution >= 0.6 is 0 Å². The first-order valence-electron chi connectivity index (χ1n) is 8.67. The quantitative estimate of drug-likeness (QED) is 0.427. The summed E-state index contributed by atoms with van der Waals surface area (Å²) in [4.78, 5) is 12.2. The third-order valence-electron chi connectivity index (χ3n) is 3.85. The fourth-order valence-electron chi connectivity index (χ4n) is 2.59. The summed E-state index contributed by atoms with van der Waals surface area (Å²) in [5.74, 6) is -0.855. The summed E-state index contributed by atoms with van der Waals surface area (Å²) in [5.41, 5.74) is 1.17. The molecule has 0 saturated heterocycles. The maximum Gasteiger partial charge on any atom is 0.387 e. The number of anilines is 1. The average molecular weight is 437 g/mol. The van der Waals surface area contributed by atoms with E-state index in [0.717, 1.165) is 18.2 Å². The Kier molecular flexibility index (Phi) is 6.80. The monoisotopic (exact) mass is 437 g/mol. The summed E-state index contributed by atoms with van der Waals surface area (Å²) in [7, 11) is 1.67. The van der Waals surface area contributed by atoms with Gasteiger partial charge in [-0.25, -0.2) is 4.68 Å². The number of carbonyl (C=O) groups excluding carboxylic acids is 1. The van der Waals surface area contributed by atoms with Crippen molar-refractivity contribution in [3.05, 3.63) is 54.1 Å². The van der Waals surface area contributed by atoms with E-state index in [2.05, 4.69) is 30.3 Å². The number of aryl methyl sites for hydroxylation is 1. The molecule has 1 aromatic heterocycles. The van der Waals surface area contributed by atoms with Gasteiger partial charge in [0.1, 0.15) is 11.5 Å². The summed E-state index contributed by atoms with van der Waals surface area (Å²) in [5, 5.41) is 13.8. The standard InChI is InChI=1S/C19H15F4N5O3/c1-28-17(25-26-27-28)12-3-2-4-13(9-12)24-16(29)8-6-11-5-7-14(30-18(20)21)10-15(11)31-19(22)23/h2-10,18-19H,1H3,(H,24,29). The topological polar surface area (TPSA) is 91.2 Å². The molecule has 3 rings (SSSR count). The molecule has 0 bridgehead atoms. The molecule has 0 radical (unpaired) electrons. The Balaban J connectivity index is 1.74. The predicted molar refractivity (Wildman–Crippen MR) is 102 cm³/mol. The SMILES string of the molecule is Cn1nnnc1-c1cccc(NC(=O)C=Cc2ccc(OC(F)F)cc2OC(F)F)c1. The molecule has 0 atom stereocenters. The van der Waals surface area contributed by atoms with Gasteiger partial charge in [-0.1, -0.05) is 12.1 Å². The zero-order chi connectivity index (χ0) is 22.4. The van der Waals surface area contributed by atoms with Gasteiger partial charge in [-0.05, 0) is 40.8 Å². The van der Waals surface area contributed by atoms with Crippen molar-refractivity contribution in [2.75, 3.05) is 5.32 Å². The van der Waals surface area contributed by atoms with Crippen molar-refractivity contribution in [1.82, 2.24) is 20.2 Å². The van der Waals surface area contributed by atoms with Gasteiger partial charge in [0, 0.05) is 36.0 Å². The zero-order valence-corrected chi connectivity index (χ0v) is 15.9. The van der Waals surface area contributed by atoms with E-state index in [1.807, 2.05) is 0 Å². The van der Waals surface area contributed by atoms with Crippen molar-refractivity contribution in [3.8, 4) is 22.9 Å². The molecule has 0 aliphatic carbocycles. The van der Waals surface area contributed by atoms with E-state index in [9.17, 15) is 22.4 Å². The van der Waals surface area contributed by atoms with Gasteiger partial charge in [-0.2, -0.15) is 17.6 Å². The Labute approximate surface area is 173 Å². The van der Waals surface area contributed by atoms with E-state index in [1.54, 1.807) is 31.3 Å². The Morgan fingerprint density at radius 1 is 1.10 bits per heavy atom. The number of nitrogens with zero attached hydrogens (tertiary/aromatic N) is 4. The first-order valence-corrected chi connectivity index (χ1v) is 8.67. The Hall–Kier alpha value is -3.96. The second kappa shape index (κ2) is 9.69. The van der Waals surface area contributed by atoms with Crippen LogP contribution in [0.5, 0.6) is 11.5 Å². The molecule has 1 heterocycles. The van der Waals surface area contributed by atoms with Gasteiger partial charge < -0.3 is 14.8 Å². The van der Waals surface area contributed by atoms with Crippen LogP contribution in [0.1, 0.15) is 5.56 Å². The number of nitrogens with one attached hydrogen (secondary N) is 1. The van der Waals surface area contributed by atoms with Crippen molar-refractivity contribution in [1.29, 1.82) is 0 Å². The van der Waals surface area contributed by atoms with Crippen molar-refractivity contribution in [2.45, 2.75) is 13.2 Å². The highest BCUT2D eigenvalue weighted by Crippen LogP contribution is 2.28. The third kappa shape index (κ3) is 6.01. The van der Waals surface area contributed by atoms with Gasteiger partial charge in [0.2, 0.25) is 5.91 Å². The number of carbonyl (C=O) groups is 1. The largest absolute Gasteiger partial charge is 0.435 e. The van der Waals surface area contributed by atoms with Crippen molar-refractivity contribution in [2.24, 2.45) is 7.05 Å². The Morgan fingerprint density at radius 2 is 1.87 bits per heavy atom. The predicted octanol–water partition coefficient (Wildman–Crippen LogP) is 3.73. The molecule has 0 saturated carbocycles. The van der Waals surface area contributed by atoms with Gasteiger partial charge in [-0.15, -0.1) is 5.10 Å². The number of rotatable bonds is 8. The summed E-state index contributed by atoms with van der Waals surface area (Å²) >= 11 is 0. The summed E-state index contributed by atoms with van der Waals surface area (Å²) in [6, 6.07) is 9.98. The minimum Gasteiger partial charge on any atom is -0.435 e. The molecule has 31 heavy (non-hydrogen) atoms. The summed E-state index contributed by atoms with van der Waals surface area (Å²) in [6.45, 7) is -6.32. The minimum absolute atomic E-state index is 0.0657. The summed E-state index contributed by atoms with van der Waals surface area (Å²) in [6.07, 6.45) is 2.29. The normalized spacial score (nSPS) is 11.3. The van der Waals surface area contributed by atoms with Crippen LogP contribution in [-0.4, -0.2) is 39.3 Å². The van der Waals surface area contributed by atoms with Crippen LogP contribution in [0, 0.1) is 0 Å². The molecular formula is C19H15F4N5O3. The highest BCUT2D eigenvalue weighted by Gasteiger charge is 2.13. The lowest BCUT2D eigenvalue weighted by molar-refractivity contribution is -0.111. The lowest BCUT2D eigenvalue weighted by atomic mass is 10.1. The molecule has 1 amide bonds. The average Bonchev–Trinajstić information content (AvgIpc) is 3.12. The van der Waals surface area contributed by atoms with Crippen molar-refractivity contribution < 1.29 is 31.8 Å². The number of ether oxygens (including phenoxy) is 2. The van der Waals surface area contributed by atoms with Gasteiger partial charge in [0.25, 0.3) is 0 Å². The molecule has 2 aromatic carbocycles. The molecule has 0 spiro atoms. The first-order chi connectivity index (χ1) is 14.8. The number of aromatic nitrogens is 4. The van der Waals surface area contributed by atoms with E-state index in [1.165, 1.54) is 16.8 Å². The molecule has 0 aliphatic rings. The van der Waals surface area contributed by atoms with E-state index in [-0.39, 0.29) is 11.3 Å². The van der Waals surface area contributed by atoms with Crippen LogP contribution in [0.3, 0.4) is 0 Å². The summed E-state index contributed by atoms with van der Waals surface area (Å²) < 4.78 is 59.9. The van der Waals surface area contributed by atoms with E-state index < -0.39 is 24.9 Å². The number of benzene rings is 2. The van der Waals surface area contributed by atoms with E-state index >= 15 is 0 Å². The molecule has 0 aliphatic heterocycles. The smallest absolute Gasteiger partial charge is 0.387 e. The van der Waals surface area contributed by atoms with Crippen molar-refractivity contribution >= 4 is 17.7 Å². The molecule has 8 nitrogen and oxygen atoms in total. The second-order valence-electron chi connectivity index (χ2n) is 5.99. The van der Waals surface area contributed by atoms with Crippen molar-refractivity contribution in [3.63, 3.8) is 0 Å². The molecule has 1 N–H and O–H groups in total. The van der Waals surface area contributed by atoms with E-state index in [0.29, 0.717) is 17.1 Å². The Morgan fingerprint density at radius 3 is 2.55 bits per heavy atom. The minimum atomic E-state index is -3.19. The number of halogens is 4. The van der Waals surface area contributed by atoms with Crippen LogP contribution in [0.2, 0.25) is 0 Å². The van der Waals surface area contributed by atoms with Crippen LogP contribution in [0.25, 0.3) is 17.5 Å². The number of alkyl halides is 4. The van der Waals surface area contributed by atoms with Gasteiger partial charge in [0.05, 0.1) is 0 Å². The maximum absolute atomic E-state index is 12.6. The van der Waals surface area contributed by atoms with Gasteiger partial charge >= 0.3 is 13.2 Å². The highest BCUT2D eigenvalue weighted by atomic mass is 19.3. The molecule has 162 valence electrons. The van der Waals surface area contributed by atoms with E-state index in [4.69, 9.17) is 0 Å². The fourth-order valence-corrected chi connectivity index (χ4v) is 2.59. The highest BCUT2D eigenvalue weighted by molar-refractivity contribution is 6.02. The first kappa shape index (κ1) is 21.7. The van der Waals surface area contributed by atoms with Crippen LogP contribution < -0.4 is 14.8 Å². The van der Waals surface area contributed by atoms with Crippen LogP contribution in [0.15, 0.2) is 48.5 Å². The number of hydrogen-bond donors (Lipinski definition) is 1. The Bertz CT molecular complexity index is 1090. The molecule has 0 fully saturated rings. The zero-order valence-electron chi connectivity index (χ0n) is 15.9. The number of tetrazole rings is 1. The fraction of sp³-hybridized carbons (Fsp3) is 0.158. The lowest BCUT2D eigenvalue weighted by Gasteiger charge is -2.11. The maximum atomic E-state index is 12.6. The third-order valence-corrected chi connectivity index (χ3v) is 3.85. The molecular weight excluding hydrogens is 422 g/mol. The lowest BCUT2D eigenvalue weighted by Crippen LogP contribution is -2.08.